The van der Waals surface area contributed by atoms with E-state index in [0.29, 0.717) is 0 Å². The number of nitrogens with one attached hydrogen (secondary N) is 1. The van der Waals surface area contributed by atoms with Gasteiger partial charge in [-0.3, -0.25) is 0 Å². The van der Waals surface area contributed by atoms with Crippen LogP contribution in [0.4, 0.5) is 5.82 Å². The second kappa shape index (κ2) is 6.66. The summed E-state index contributed by atoms with van der Waals surface area (Å²) >= 11 is 1.71. The molecule has 2 aromatic rings. The maximum atomic E-state index is 5.47. The van der Waals surface area contributed by atoms with Crippen molar-refractivity contribution < 1.29 is 0 Å². The lowest BCUT2D eigenvalue weighted by Crippen LogP contribution is -2.04. The van der Waals surface area contributed by atoms with Gasteiger partial charge in [-0.1, -0.05) is 12.8 Å². The monoisotopic (exact) mass is 264 g/mol. The van der Waals surface area contributed by atoms with Crippen LogP contribution in [0.2, 0.25) is 0 Å². The van der Waals surface area contributed by atoms with E-state index >= 15 is 0 Å². The first-order chi connectivity index (χ1) is 8.83. The highest BCUT2D eigenvalue weighted by Gasteiger charge is 2.06. The summed E-state index contributed by atoms with van der Waals surface area (Å²) in [6.07, 6.45) is 6.37. The van der Waals surface area contributed by atoms with Crippen molar-refractivity contribution in [3.63, 3.8) is 0 Å². The lowest BCUT2D eigenvalue weighted by atomic mass is 10.2. The van der Waals surface area contributed by atoms with Gasteiger partial charge < -0.3 is 11.1 Å². The zero-order valence-corrected chi connectivity index (χ0v) is 11.6. The van der Waals surface area contributed by atoms with E-state index in [2.05, 4.69) is 27.6 Å². The van der Waals surface area contributed by atoms with Gasteiger partial charge in [0.15, 0.2) is 0 Å². The van der Waals surface area contributed by atoms with Crippen LogP contribution in [0.5, 0.6) is 0 Å². The molecule has 98 valence electrons. The van der Waals surface area contributed by atoms with E-state index in [1.807, 2.05) is 0 Å². The smallest absolute Gasteiger partial charge is 0.147 e. The number of nitrogens with two attached hydrogens (primary N) is 1. The highest BCUT2D eigenvalue weighted by Crippen LogP contribution is 2.28. The van der Waals surface area contributed by atoms with Gasteiger partial charge in [-0.25, -0.2) is 9.97 Å². The Labute approximate surface area is 112 Å². The molecule has 0 aliphatic rings. The molecule has 3 N–H and O–H groups in total. The predicted molar refractivity (Wildman–Crippen MR) is 78.2 cm³/mol. The molecule has 4 nitrogen and oxygen atoms in total. The van der Waals surface area contributed by atoms with Crippen LogP contribution in [0.25, 0.3) is 10.2 Å². The number of rotatable bonds is 7. The van der Waals surface area contributed by atoms with E-state index < -0.39 is 0 Å². The highest BCUT2D eigenvalue weighted by molar-refractivity contribution is 7.18. The average Bonchev–Trinajstić information content (AvgIpc) is 2.77. The maximum Gasteiger partial charge on any atom is 0.147 e. The number of nitrogens with zero attached hydrogens (tertiary/aromatic N) is 2. The minimum atomic E-state index is 0.800. The Balaban J connectivity index is 1.88. The van der Waals surface area contributed by atoms with Crippen LogP contribution in [0.1, 0.15) is 31.2 Å². The molecule has 0 radical (unpaired) electrons. The fraction of sp³-hybridized carbons (Fsp3) is 0.538. The molecule has 18 heavy (non-hydrogen) atoms. The molecule has 0 aliphatic carbocycles. The summed E-state index contributed by atoms with van der Waals surface area (Å²) in [5.74, 6) is 0.969. The molecule has 0 aliphatic heterocycles. The van der Waals surface area contributed by atoms with Crippen LogP contribution in [0, 0.1) is 6.92 Å². The number of hydrogen-bond donors (Lipinski definition) is 2. The number of aromatic nitrogens is 2. The van der Waals surface area contributed by atoms with Gasteiger partial charge in [0, 0.05) is 6.54 Å². The summed E-state index contributed by atoms with van der Waals surface area (Å²) < 4.78 is 1.16. The summed E-state index contributed by atoms with van der Waals surface area (Å²) in [7, 11) is 0. The minimum Gasteiger partial charge on any atom is -0.369 e. The van der Waals surface area contributed by atoms with Crippen molar-refractivity contribution in [2.24, 2.45) is 5.73 Å². The molecule has 0 bridgehead atoms. The topological polar surface area (TPSA) is 63.8 Å². The van der Waals surface area contributed by atoms with Crippen molar-refractivity contribution in [3.05, 3.63) is 17.3 Å². The zero-order valence-electron chi connectivity index (χ0n) is 10.8. The third-order valence-electron chi connectivity index (χ3n) is 2.95. The number of unbranched alkanes of at least 4 members (excludes halogenated alkanes) is 3. The van der Waals surface area contributed by atoms with Crippen LogP contribution in [0.15, 0.2) is 11.7 Å². The Morgan fingerprint density at radius 3 is 2.89 bits per heavy atom. The molecule has 0 amide bonds. The van der Waals surface area contributed by atoms with Gasteiger partial charge in [0.2, 0.25) is 0 Å². The van der Waals surface area contributed by atoms with E-state index in [9.17, 15) is 0 Å². The molecule has 5 heteroatoms. The Bertz CT molecular complexity index is 495. The van der Waals surface area contributed by atoms with Crippen LogP contribution in [-0.4, -0.2) is 23.1 Å². The van der Waals surface area contributed by atoms with Crippen LogP contribution >= 0.6 is 11.3 Å². The van der Waals surface area contributed by atoms with Crippen LogP contribution in [-0.2, 0) is 0 Å². The summed E-state index contributed by atoms with van der Waals surface area (Å²) in [6.45, 7) is 3.85. The van der Waals surface area contributed by atoms with Crippen molar-refractivity contribution in [1.29, 1.82) is 0 Å². The Kier molecular flexibility index (Phi) is 4.90. The molecule has 2 aromatic heterocycles. The predicted octanol–water partition coefficient (Wildman–Crippen LogP) is 2.93. The largest absolute Gasteiger partial charge is 0.369 e. The molecule has 2 heterocycles. The summed E-state index contributed by atoms with van der Waals surface area (Å²) in [5.41, 5.74) is 7.76. The molecule has 0 unspecified atom stereocenters. The lowest BCUT2D eigenvalue weighted by molar-refractivity contribution is 0.661. The van der Waals surface area contributed by atoms with Crippen molar-refractivity contribution in [2.75, 3.05) is 18.4 Å². The zero-order chi connectivity index (χ0) is 12.8. The van der Waals surface area contributed by atoms with E-state index in [-0.39, 0.29) is 0 Å². The number of thiophene rings is 1. The van der Waals surface area contributed by atoms with Gasteiger partial charge in [0.05, 0.1) is 10.2 Å². The van der Waals surface area contributed by atoms with Crippen molar-refractivity contribution >= 4 is 27.4 Å². The van der Waals surface area contributed by atoms with Gasteiger partial charge in [0.25, 0.3) is 0 Å². The number of fused-ring (bicyclic) bond motifs is 1. The van der Waals surface area contributed by atoms with Gasteiger partial charge in [0.1, 0.15) is 12.1 Å². The van der Waals surface area contributed by atoms with E-state index in [1.165, 1.54) is 18.4 Å². The quantitative estimate of drug-likeness (QED) is 0.755. The second-order valence-corrected chi connectivity index (χ2v) is 5.33. The molecule has 0 saturated heterocycles. The van der Waals surface area contributed by atoms with Gasteiger partial charge in [-0.05, 0) is 37.3 Å². The molecule has 0 fully saturated rings. The van der Waals surface area contributed by atoms with E-state index in [4.69, 9.17) is 5.73 Å². The molecule has 0 saturated carbocycles. The Morgan fingerprint density at radius 1 is 1.22 bits per heavy atom. The fourth-order valence-electron chi connectivity index (χ4n) is 1.93. The van der Waals surface area contributed by atoms with Gasteiger partial charge >= 0.3 is 0 Å². The lowest BCUT2D eigenvalue weighted by Gasteiger charge is -2.06. The Morgan fingerprint density at radius 2 is 2.06 bits per heavy atom. The van der Waals surface area contributed by atoms with Gasteiger partial charge in [-0.15, -0.1) is 11.3 Å². The average molecular weight is 264 g/mol. The van der Waals surface area contributed by atoms with E-state index in [1.54, 1.807) is 17.7 Å². The van der Waals surface area contributed by atoms with E-state index in [0.717, 1.165) is 42.0 Å². The number of aryl methyl sites for hydroxylation is 1. The van der Waals surface area contributed by atoms with Crippen molar-refractivity contribution in [3.8, 4) is 0 Å². The highest BCUT2D eigenvalue weighted by atomic mass is 32.1. The molecular weight excluding hydrogens is 244 g/mol. The standard InChI is InChI=1S/C13H20N4S/c1-10-8-18-12-11(10)16-9-17-13(12)15-7-5-3-2-4-6-14/h8-9H,2-7,14H2,1H3,(H,15,16,17). The van der Waals surface area contributed by atoms with Crippen molar-refractivity contribution in [2.45, 2.75) is 32.6 Å². The second-order valence-electron chi connectivity index (χ2n) is 4.45. The van der Waals surface area contributed by atoms with Crippen LogP contribution < -0.4 is 11.1 Å². The maximum absolute atomic E-state index is 5.47. The first kappa shape index (κ1) is 13.2. The van der Waals surface area contributed by atoms with Gasteiger partial charge in [-0.2, -0.15) is 0 Å². The summed E-state index contributed by atoms with van der Waals surface area (Å²) in [4.78, 5) is 8.64. The number of hydrogen-bond acceptors (Lipinski definition) is 5. The summed E-state index contributed by atoms with van der Waals surface area (Å²) in [5, 5.41) is 5.54. The third-order valence-corrected chi connectivity index (χ3v) is 4.05. The molecule has 2 rings (SSSR count). The Hall–Kier alpha value is -1.20. The first-order valence-electron chi connectivity index (χ1n) is 6.45. The molecule has 0 aromatic carbocycles. The molecular formula is C13H20N4S. The fourth-order valence-corrected chi connectivity index (χ4v) is 2.89. The minimum absolute atomic E-state index is 0.800. The molecule has 0 spiro atoms. The normalized spacial score (nSPS) is 11.0. The SMILES string of the molecule is Cc1csc2c(NCCCCCCN)ncnc12. The molecule has 0 atom stereocenters. The van der Waals surface area contributed by atoms with Crippen molar-refractivity contribution in [1.82, 2.24) is 9.97 Å². The third kappa shape index (κ3) is 3.17. The first-order valence-corrected chi connectivity index (χ1v) is 7.33. The number of anilines is 1. The van der Waals surface area contributed by atoms with Crippen LogP contribution in [0.3, 0.4) is 0 Å². The summed E-state index contributed by atoms with van der Waals surface area (Å²) in [6, 6.07) is 0.